The van der Waals surface area contributed by atoms with Crippen LogP contribution in [-0.4, -0.2) is 48.0 Å². The minimum absolute atomic E-state index is 0.0970. The molecular weight excluding hydrogens is 360 g/mol. The van der Waals surface area contributed by atoms with Crippen molar-refractivity contribution in [3.05, 3.63) is 34.7 Å². The van der Waals surface area contributed by atoms with Crippen molar-refractivity contribution in [2.45, 2.75) is 53.0 Å². The van der Waals surface area contributed by atoms with Crippen molar-refractivity contribution in [1.82, 2.24) is 29.0 Å². The van der Waals surface area contributed by atoms with Gasteiger partial charge in [0.05, 0.1) is 18.2 Å². The summed E-state index contributed by atoms with van der Waals surface area (Å²) in [4.78, 5) is 25.3. The van der Waals surface area contributed by atoms with E-state index in [1.165, 1.54) is 10.5 Å². The van der Waals surface area contributed by atoms with Gasteiger partial charge >= 0.3 is 0 Å². The van der Waals surface area contributed by atoms with Crippen molar-refractivity contribution < 1.29 is 4.79 Å². The van der Waals surface area contributed by atoms with E-state index in [1.54, 1.807) is 11.3 Å². The average Bonchev–Trinajstić information content (AvgIpc) is 3.32. The predicted molar refractivity (Wildman–Crippen MR) is 105 cm³/mol. The van der Waals surface area contributed by atoms with Gasteiger partial charge in [0.2, 0.25) is 5.91 Å². The summed E-state index contributed by atoms with van der Waals surface area (Å²) >= 11 is 1.75. The van der Waals surface area contributed by atoms with E-state index in [2.05, 4.69) is 33.0 Å². The largest absolute Gasteiger partial charge is 0.342 e. The monoisotopic (exact) mass is 386 g/mol. The Kier molecular flexibility index (Phi) is 4.75. The number of carbonyl (C=O) groups excluding carboxylic acids is 1. The van der Waals surface area contributed by atoms with E-state index in [-0.39, 0.29) is 11.8 Å². The van der Waals surface area contributed by atoms with Crippen LogP contribution in [0.2, 0.25) is 0 Å². The molecule has 7 nitrogen and oxygen atoms in total. The van der Waals surface area contributed by atoms with Crippen molar-refractivity contribution in [2.24, 2.45) is 5.92 Å². The molecule has 144 valence electrons. The molecule has 0 saturated carbocycles. The van der Waals surface area contributed by atoms with Gasteiger partial charge in [0.1, 0.15) is 22.3 Å². The summed E-state index contributed by atoms with van der Waals surface area (Å²) in [6.07, 6.45) is 4.04. The Bertz CT molecular complexity index is 962. The van der Waals surface area contributed by atoms with Gasteiger partial charge in [0, 0.05) is 30.6 Å². The molecule has 1 aliphatic rings. The number of amides is 1. The molecule has 3 aromatic heterocycles. The number of hydrogen-bond donors (Lipinski definition) is 0. The lowest BCUT2D eigenvalue weighted by Gasteiger charge is -2.33. The number of hydrogen-bond acceptors (Lipinski definition) is 5. The Morgan fingerprint density at radius 3 is 2.63 bits per heavy atom. The molecule has 3 aromatic rings. The Morgan fingerprint density at radius 2 is 1.96 bits per heavy atom. The molecule has 27 heavy (non-hydrogen) atoms. The van der Waals surface area contributed by atoms with Gasteiger partial charge in [-0.15, -0.1) is 11.3 Å². The van der Waals surface area contributed by atoms with Crippen molar-refractivity contribution in [2.75, 3.05) is 13.1 Å². The highest BCUT2D eigenvalue weighted by atomic mass is 32.1. The molecule has 1 fully saturated rings. The first-order valence-electron chi connectivity index (χ1n) is 9.53. The molecule has 1 amide bonds. The lowest BCUT2D eigenvalue weighted by molar-refractivity contribution is -0.136. The Hall–Kier alpha value is -2.22. The molecular formula is C19H26N6OS. The van der Waals surface area contributed by atoms with Crippen LogP contribution in [-0.2, 0) is 11.3 Å². The minimum Gasteiger partial charge on any atom is -0.342 e. The third-order valence-electron chi connectivity index (χ3n) is 5.48. The van der Waals surface area contributed by atoms with E-state index in [1.807, 2.05) is 30.4 Å². The number of likely N-dealkylation sites (tertiary alicyclic amines) is 1. The summed E-state index contributed by atoms with van der Waals surface area (Å²) in [6, 6.07) is 0. The van der Waals surface area contributed by atoms with E-state index < -0.39 is 0 Å². The molecule has 0 N–H and O–H groups in total. The van der Waals surface area contributed by atoms with Gasteiger partial charge in [-0.25, -0.2) is 14.6 Å². The van der Waals surface area contributed by atoms with Gasteiger partial charge < -0.3 is 4.90 Å². The Morgan fingerprint density at radius 1 is 1.22 bits per heavy atom. The zero-order chi connectivity index (χ0) is 19.1. The highest BCUT2D eigenvalue weighted by molar-refractivity contribution is 7.15. The van der Waals surface area contributed by atoms with Gasteiger partial charge in [-0.05, 0) is 33.6 Å². The van der Waals surface area contributed by atoms with Crippen LogP contribution in [0, 0.1) is 26.7 Å². The fourth-order valence-corrected chi connectivity index (χ4v) is 4.97. The van der Waals surface area contributed by atoms with Gasteiger partial charge in [-0.3, -0.25) is 9.20 Å². The summed E-state index contributed by atoms with van der Waals surface area (Å²) in [7, 11) is 0. The first kappa shape index (κ1) is 18.2. The molecule has 4 heterocycles. The fourth-order valence-electron chi connectivity index (χ4n) is 4.02. The van der Waals surface area contributed by atoms with E-state index in [4.69, 9.17) is 4.98 Å². The maximum absolute atomic E-state index is 12.9. The predicted octanol–water partition coefficient (Wildman–Crippen LogP) is 2.95. The number of piperidine rings is 1. The second-order valence-corrected chi connectivity index (χ2v) is 8.41. The number of aromatic nitrogens is 5. The van der Waals surface area contributed by atoms with Crippen LogP contribution >= 0.6 is 11.3 Å². The third kappa shape index (κ3) is 3.38. The fraction of sp³-hybridized carbons (Fsp3) is 0.579. The Balaban J connectivity index is 1.39. The zero-order valence-corrected chi connectivity index (χ0v) is 17.2. The maximum Gasteiger partial charge on any atom is 0.227 e. The lowest BCUT2D eigenvalue weighted by atomic mass is 9.93. The quantitative estimate of drug-likeness (QED) is 0.691. The van der Waals surface area contributed by atoms with Gasteiger partial charge in [-0.1, -0.05) is 6.92 Å². The number of rotatable bonds is 4. The topological polar surface area (TPSA) is 68.3 Å². The molecule has 4 rings (SSSR count). The number of thiazole rings is 1. The molecule has 0 aromatic carbocycles. The summed E-state index contributed by atoms with van der Waals surface area (Å²) < 4.78 is 4.01. The lowest BCUT2D eigenvalue weighted by Crippen LogP contribution is -2.41. The first-order valence-corrected chi connectivity index (χ1v) is 10.4. The standard InChI is InChI=1S/C19H26N6OS/c1-12(11-25-15(4)20-13(2)22-25)18(26)23-7-5-16(6-8-23)17-19-24(9-10-27-19)14(3)21-17/h9-10,12,16H,5-8,11H2,1-4H3/t12-/m0/s1. The molecule has 8 heteroatoms. The van der Waals surface area contributed by atoms with Crippen LogP contribution in [0.5, 0.6) is 0 Å². The number of aryl methyl sites for hydroxylation is 3. The van der Waals surface area contributed by atoms with Crippen LogP contribution in [0.25, 0.3) is 4.83 Å². The molecule has 1 saturated heterocycles. The summed E-state index contributed by atoms with van der Waals surface area (Å²) in [5.74, 6) is 3.21. The van der Waals surface area contributed by atoms with Crippen LogP contribution in [0.1, 0.15) is 48.9 Å². The molecule has 0 spiro atoms. The molecule has 0 radical (unpaired) electrons. The van der Waals surface area contributed by atoms with Gasteiger partial charge in [0.25, 0.3) is 0 Å². The average molecular weight is 387 g/mol. The zero-order valence-electron chi connectivity index (χ0n) is 16.3. The van der Waals surface area contributed by atoms with Crippen molar-refractivity contribution in [1.29, 1.82) is 0 Å². The van der Waals surface area contributed by atoms with Gasteiger partial charge in [-0.2, -0.15) is 5.10 Å². The van der Waals surface area contributed by atoms with Crippen LogP contribution in [0.3, 0.4) is 0 Å². The number of nitrogens with zero attached hydrogens (tertiary/aromatic N) is 6. The van der Waals surface area contributed by atoms with E-state index in [0.29, 0.717) is 12.5 Å². The molecule has 0 bridgehead atoms. The van der Waals surface area contributed by atoms with Gasteiger partial charge in [0.15, 0.2) is 0 Å². The highest BCUT2D eigenvalue weighted by Crippen LogP contribution is 2.33. The minimum atomic E-state index is -0.0970. The highest BCUT2D eigenvalue weighted by Gasteiger charge is 2.29. The normalized spacial score (nSPS) is 17.0. The van der Waals surface area contributed by atoms with Crippen LogP contribution < -0.4 is 0 Å². The van der Waals surface area contributed by atoms with Crippen LogP contribution in [0.4, 0.5) is 0 Å². The molecule has 1 aliphatic heterocycles. The van der Waals surface area contributed by atoms with E-state index in [0.717, 1.165) is 43.4 Å². The number of fused-ring (bicyclic) bond motifs is 1. The first-order chi connectivity index (χ1) is 12.9. The molecule has 1 atom stereocenters. The third-order valence-corrected chi connectivity index (χ3v) is 6.37. The maximum atomic E-state index is 12.9. The summed E-state index contributed by atoms with van der Waals surface area (Å²) in [6.45, 7) is 10.0. The van der Waals surface area contributed by atoms with Crippen molar-refractivity contribution >= 4 is 22.1 Å². The smallest absolute Gasteiger partial charge is 0.227 e. The second kappa shape index (κ2) is 7.07. The second-order valence-electron chi connectivity index (χ2n) is 7.51. The molecule has 0 aliphatic carbocycles. The van der Waals surface area contributed by atoms with Crippen molar-refractivity contribution in [3.63, 3.8) is 0 Å². The number of carbonyl (C=O) groups is 1. The Labute approximate surface area is 163 Å². The number of imidazole rings is 1. The summed E-state index contributed by atoms with van der Waals surface area (Å²) in [5.41, 5.74) is 1.20. The van der Waals surface area contributed by atoms with Crippen molar-refractivity contribution in [3.8, 4) is 0 Å². The van der Waals surface area contributed by atoms with Crippen LogP contribution in [0.15, 0.2) is 11.6 Å². The van der Waals surface area contributed by atoms with E-state index >= 15 is 0 Å². The van der Waals surface area contributed by atoms with E-state index in [9.17, 15) is 4.79 Å². The molecule has 0 unspecified atom stereocenters. The summed E-state index contributed by atoms with van der Waals surface area (Å²) in [5, 5.41) is 6.49. The SMILES string of the molecule is Cc1nc(C)n(C[C@H](C)C(=O)N2CCC(c3nc(C)n4ccsc34)CC2)n1.